The number of amidine groups is 1. The predicted octanol–water partition coefficient (Wildman–Crippen LogP) is 2.44. The zero-order valence-corrected chi connectivity index (χ0v) is 9.15. The van der Waals surface area contributed by atoms with Gasteiger partial charge in [0.15, 0.2) is 11.6 Å². The van der Waals surface area contributed by atoms with Gasteiger partial charge in [-0.3, -0.25) is 5.41 Å². The van der Waals surface area contributed by atoms with Crippen molar-refractivity contribution >= 4 is 5.84 Å². The Kier molecular flexibility index (Phi) is 3.18. The molecule has 18 heavy (non-hydrogen) atoms. The first-order chi connectivity index (χ1) is 8.56. The molecule has 0 aliphatic heterocycles. The standard InChI is InChI=1S/C12H9F2N3O/c13-7-1-4-11(9(14)5-7)18-8-2-3-10(12(15)16)17-6-8/h1-6H,(H3,15,16). The number of halogens is 2. The molecule has 1 aromatic heterocycles. The molecule has 0 fully saturated rings. The maximum atomic E-state index is 13.3. The molecule has 0 radical (unpaired) electrons. The maximum Gasteiger partial charge on any atom is 0.168 e. The van der Waals surface area contributed by atoms with Crippen LogP contribution in [0.5, 0.6) is 11.5 Å². The van der Waals surface area contributed by atoms with E-state index in [0.29, 0.717) is 5.69 Å². The average molecular weight is 249 g/mol. The first kappa shape index (κ1) is 12.0. The van der Waals surface area contributed by atoms with Crippen molar-refractivity contribution in [3.8, 4) is 11.5 Å². The van der Waals surface area contributed by atoms with Crippen molar-refractivity contribution in [2.75, 3.05) is 0 Å². The first-order valence-corrected chi connectivity index (χ1v) is 4.99. The number of ether oxygens (including phenoxy) is 1. The van der Waals surface area contributed by atoms with Crippen LogP contribution in [0.25, 0.3) is 0 Å². The highest BCUT2D eigenvalue weighted by Gasteiger charge is 2.06. The lowest BCUT2D eigenvalue weighted by atomic mass is 10.3. The van der Waals surface area contributed by atoms with Gasteiger partial charge < -0.3 is 10.5 Å². The molecule has 3 N–H and O–H groups in total. The average Bonchev–Trinajstić information content (AvgIpc) is 2.33. The van der Waals surface area contributed by atoms with Gasteiger partial charge in [-0.2, -0.15) is 0 Å². The van der Waals surface area contributed by atoms with Crippen molar-refractivity contribution in [1.82, 2.24) is 4.98 Å². The Bertz CT molecular complexity index is 584. The number of nitrogens with two attached hydrogens (primary N) is 1. The van der Waals surface area contributed by atoms with E-state index in [0.717, 1.165) is 12.1 Å². The number of hydrogen-bond donors (Lipinski definition) is 2. The molecule has 0 atom stereocenters. The Morgan fingerprint density at radius 3 is 2.56 bits per heavy atom. The fourth-order valence-electron chi connectivity index (χ4n) is 1.28. The Balaban J connectivity index is 2.21. The molecular weight excluding hydrogens is 240 g/mol. The number of pyridine rings is 1. The summed E-state index contributed by atoms with van der Waals surface area (Å²) in [4.78, 5) is 3.85. The summed E-state index contributed by atoms with van der Waals surface area (Å²) < 4.78 is 31.2. The summed E-state index contributed by atoms with van der Waals surface area (Å²) in [6, 6.07) is 5.97. The summed E-state index contributed by atoms with van der Waals surface area (Å²) in [5, 5.41) is 7.16. The number of nitrogen functional groups attached to an aromatic ring is 1. The van der Waals surface area contributed by atoms with Crippen LogP contribution in [-0.4, -0.2) is 10.8 Å². The largest absolute Gasteiger partial charge is 0.453 e. The van der Waals surface area contributed by atoms with Crippen LogP contribution < -0.4 is 10.5 Å². The highest BCUT2D eigenvalue weighted by atomic mass is 19.1. The second-order valence-corrected chi connectivity index (χ2v) is 3.47. The van der Waals surface area contributed by atoms with Gasteiger partial charge in [-0.05, 0) is 24.3 Å². The van der Waals surface area contributed by atoms with Gasteiger partial charge in [0, 0.05) is 6.07 Å². The molecular formula is C12H9F2N3O. The smallest absolute Gasteiger partial charge is 0.168 e. The van der Waals surface area contributed by atoms with Crippen LogP contribution in [0.2, 0.25) is 0 Å². The minimum atomic E-state index is -0.800. The van der Waals surface area contributed by atoms with Gasteiger partial charge >= 0.3 is 0 Å². The number of benzene rings is 1. The molecule has 2 rings (SSSR count). The molecule has 0 spiro atoms. The number of aromatic nitrogens is 1. The number of rotatable bonds is 3. The van der Waals surface area contributed by atoms with E-state index in [1.165, 1.54) is 24.4 Å². The van der Waals surface area contributed by atoms with E-state index >= 15 is 0 Å². The molecule has 0 saturated carbocycles. The summed E-state index contributed by atoms with van der Waals surface area (Å²) in [5.41, 5.74) is 5.53. The van der Waals surface area contributed by atoms with Crippen LogP contribution in [0.15, 0.2) is 36.5 Å². The number of hydrogen-bond acceptors (Lipinski definition) is 3. The highest BCUT2D eigenvalue weighted by molar-refractivity contribution is 5.92. The summed E-state index contributed by atoms with van der Waals surface area (Å²) >= 11 is 0. The van der Waals surface area contributed by atoms with Crippen LogP contribution in [-0.2, 0) is 0 Å². The van der Waals surface area contributed by atoms with Crippen LogP contribution in [0.3, 0.4) is 0 Å². The molecule has 0 bridgehead atoms. The zero-order chi connectivity index (χ0) is 13.1. The fraction of sp³-hybridized carbons (Fsp3) is 0. The lowest BCUT2D eigenvalue weighted by Gasteiger charge is -2.06. The van der Waals surface area contributed by atoms with Crippen molar-refractivity contribution in [1.29, 1.82) is 5.41 Å². The van der Waals surface area contributed by atoms with E-state index in [2.05, 4.69) is 4.98 Å². The minimum absolute atomic E-state index is 0.103. The number of nitrogens with zero attached hydrogens (tertiary/aromatic N) is 1. The van der Waals surface area contributed by atoms with Gasteiger partial charge in [-0.25, -0.2) is 13.8 Å². The molecule has 1 aromatic carbocycles. The van der Waals surface area contributed by atoms with E-state index in [-0.39, 0.29) is 17.3 Å². The Labute approximate surface area is 102 Å². The monoisotopic (exact) mass is 249 g/mol. The lowest BCUT2D eigenvalue weighted by Crippen LogP contribution is -2.12. The maximum absolute atomic E-state index is 13.3. The van der Waals surface area contributed by atoms with E-state index in [1.807, 2.05) is 0 Å². The highest BCUT2D eigenvalue weighted by Crippen LogP contribution is 2.24. The molecule has 1 heterocycles. The normalized spacial score (nSPS) is 10.1. The SMILES string of the molecule is N=C(N)c1ccc(Oc2ccc(F)cc2F)cn1. The Hall–Kier alpha value is -2.50. The second kappa shape index (κ2) is 4.79. The molecule has 6 heteroatoms. The molecule has 0 amide bonds. The van der Waals surface area contributed by atoms with Gasteiger partial charge in [0.1, 0.15) is 23.1 Å². The third-order valence-corrected chi connectivity index (χ3v) is 2.13. The van der Waals surface area contributed by atoms with Gasteiger partial charge in [0.25, 0.3) is 0 Å². The third-order valence-electron chi connectivity index (χ3n) is 2.13. The summed E-state index contributed by atoms with van der Waals surface area (Å²) in [5.74, 6) is -1.48. The molecule has 4 nitrogen and oxygen atoms in total. The fourth-order valence-corrected chi connectivity index (χ4v) is 1.28. The zero-order valence-electron chi connectivity index (χ0n) is 9.15. The number of nitrogens with one attached hydrogen (secondary N) is 1. The van der Waals surface area contributed by atoms with Crippen LogP contribution in [0.1, 0.15) is 5.69 Å². The summed E-state index contributed by atoms with van der Waals surface area (Å²) in [7, 11) is 0. The van der Waals surface area contributed by atoms with Crippen molar-refractivity contribution in [3.63, 3.8) is 0 Å². The molecule has 0 unspecified atom stereocenters. The van der Waals surface area contributed by atoms with E-state index in [9.17, 15) is 8.78 Å². The van der Waals surface area contributed by atoms with Crippen LogP contribution in [0.4, 0.5) is 8.78 Å². The van der Waals surface area contributed by atoms with Gasteiger partial charge in [-0.1, -0.05) is 0 Å². The van der Waals surface area contributed by atoms with Gasteiger partial charge in [-0.15, -0.1) is 0 Å². The molecule has 2 aromatic rings. The quantitative estimate of drug-likeness (QED) is 0.648. The van der Waals surface area contributed by atoms with Crippen molar-refractivity contribution in [3.05, 3.63) is 53.9 Å². The van der Waals surface area contributed by atoms with E-state index in [4.69, 9.17) is 15.9 Å². The third kappa shape index (κ3) is 2.60. The van der Waals surface area contributed by atoms with Crippen LogP contribution >= 0.6 is 0 Å². The van der Waals surface area contributed by atoms with Crippen LogP contribution in [0, 0.1) is 17.0 Å². The first-order valence-electron chi connectivity index (χ1n) is 4.99. The topological polar surface area (TPSA) is 72.0 Å². The van der Waals surface area contributed by atoms with Crippen molar-refractivity contribution < 1.29 is 13.5 Å². The van der Waals surface area contributed by atoms with Crippen molar-refractivity contribution in [2.24, 2.45) is 5.73 Å². The summed E-state index contributed by atoms with van der Waals surface area (Å²) in [6.45, 7) is 0. The Morgan fingerprint density at radius 2 is 2.00 bits per heavy atom. The predicted molar refractivity (Wildman–Crippen MR) is 61.7 cm³/mol. The van der Waals surface area contributed by atoms with E-state index in [1.54, 1.807) is 0 Å². The Morgan fingerprint density at radius 1 is 1.22 bits per heavy atom. The van der Waals surface area contributed by atoms with Crippen molar-refractivity contribution in [2.45, 2.75) is 0 Å². The molecule has 0 aliphatic rings. The lowest BCUT2D eigenvalue weighted by molar-refractivity contribution is 0.436. The molecule has 0 saturated heterocycles. The second-order valence-electron chi connectivity index (χ2n) is 3.47. The van der Waals surface area contributed by atoms with Gasteiger partial charge in [0.05, 0.1) is 6.20 Å². The summed E-state index contributed by atoms with van der Waals surface area (Å²) in [6.07, 6.45) is 1.31. The van der Waals surface area contributed by atoms with E-state index < -0.39 is 11.6 Å². The minimum Gasteiger partial charge on any atom is -0.453 e. The molecule has 0 aliphatic carbocycles. The van der Waals surface area contributed by atoms with Gasteiger partial charge in [0.2, 0.25) is 0 Å². The molecule has 92 valence electrons.